The van der Waals surface area contributed by atoms with Gasteiger partial charge in [-0.15, -0.1) is 0 Å². The van der Waals surface area contributed by atoms with Crippen LogP contribution in [-0.4, -0.2) is 26.2 Å². The lowest BCUT2D eigenvalue weighted by Crippen LogP contribution is -2.39. The second kappa shape index (κ2) is 8.16. The van der Waals surface area contributed by atoms with Crippen molar-refractivity contribution in [1.29, 1.82) is 0 Å². The largest absolute Gasteiger partial charge is 0.490 e. The number of sulfonamides is 1. The van der Waals surface area contributed by atoms with Crippen LogP contribution in [0.5, 0.6) is 5.75 Å². The van der Waals surface area contributed by atoms with Crippen molar-refractivity contribution in [2.75, 3.05) is 4.72 Å². The predicted molar refractivity (Wildman–Crippen MR) is 121 cm³/mol. The highest BCUT2D eigenvalue weighted by atomic mass is 35.5. The maximum Gasteiger partial charge on any atom is 0.264 e. The van der Waals surface area contributed by atoms with Crippen LogP contribution in [0.25, 0.3) is 0 Å². The summed E-state index contributed by atoms with van der Waals surface area (Å²) < 4.78 is 75.9. The molecule has 34 heavy (non-hydrogen) atoms. The monoisotopic (exact) mass is 513 g/mol. The number of carbonyl (C=O) groups is 1. The highest BCUT2D eigenvalue weighted by molar-refractivity contribution is 7.92. The number of ether oxygens (including phenoxy) is 1. The Kier molecular flexibility index (Phi) is 5.63. The summed E-state index contributed by atoms with van der Waals surface area (Å²) in [5.74, 6) is -3.34. The molecule has 2 fully saturated rings. The van der Waals surface area contributed by atoms with Gasteiger partial charge >= 0.3 is 0 Å². The summed E-state index contributed by atoms with van der Waals surface area (Å²) in [7, 11) is -4.31. The smallest absolute Gasteiger partial charge is 0.264 e. The Morgan fingerprint density at radius 1 is 1.06 bits per heavy atom. The van der Waals surface area contributed by atoms with Crippen LogP contribution in [0, 0.1) is 5.82 Å². The van der Waals surface area contributed by atoms with Crippen LogP contribution >= 0.6 is 11.6 Å². The lowest BCUT2D eigenvalue weighted by Gasteiger charge is -2.38. The number of anilines is 1. The van der Waals surface area contributed by atoms with Gasteiger partial charge in [0.05, 0.1) is 17.2 Å². The van der Waals surface area contributed by atoms with E-state index in [2.05, 4.69) is 4.72 Å². The van der Waals surface area contributed by atoms with E-state index in [4.69, 9.17) is 16.3 Å². The lowest BCUT2D eigenvalue weighted by atomic mass is 9.64. The van der Waals surface area contributed by atoms with E-state index >= 15 is 0 Å². The summed E-state index contributed by atoms with van der Waals surface area (Å²) in [6.45, 7) is 0. The normalized spacial score (nSPS) is 21.2. The van der Waals surface area contributed by atoms with Crippen LogP contribution in [0.1, 0.15) is 56.1 Å². The van der Waals surface area contributed by atoms with Gasteiger partial charge in [0.1, 0.15) is 22.2 Å². The molecule has 2 aromatic carbocycles. The zero-order valence-electron chi connectivity index (χ0n) is 18.2. The van der Waals surface area contributed by atoms with Crippen LogP contribution in [0.4, 0.5) is 18.9 Å². The maximum absolute atomic E-state index is 14.3. The quantitative estimate of drug-likeness (QED) is 0.550. The Balaban J connectivity index is 1.51. The Labute approximate surface area is 200 Å². The van der Waals surface area contributed by atoms with Crippen LogP contribution in [-0.2, 0) is 26.7 Å². The van der Waals surface area contributed by atoms with E-state index in [9.17, 15) is 26.4 Å². The van der Waals surface area contributed by atoms with Crippen molar-refractivity contribution < 1.29 is 31.1 Å². The van der Waals surface area contributed by atoms with Gasteiger partial charge in [-0.3, -0.25) is 9.52 Å². The average molecular weight is 514 g/mol. The highest BCUT2D eigenvalue weighted by Crippen LogP contribution is 2.53. The molecule has 0 atom stereocenters. The zero-order chi connectivity index (χ0) is 24.3. The maximum atomic E-state index is 14.3. The van der Waals surface area contributed by atoms with Gasteiger partial charge in [-0.2, -0.15) is 0 Å². The molecule has 1 spiro atoms. The molecule has 0 aromatic heterocycles. The van der Waals surface area contributed by atoms with Crippen LogP contribution in [0.3, 0.4) is 0 Å². The number of hydrogen-bond acceptors (Lipinski definition) is 4. The van der Waals surface area contributed by atoms with Gasteiger partial charge in [-0.1, -0.05) is 18.0 Å². The zero-order valence-corrected chi connectivity index (χ0v) is 19.7. The molecule has 3 aliphatic rings. The summed E-state index contributed by atoms with van der Waals surface area (Å²) in [5.41, 5.74) is 0.851. The Morgan fingerprint density at radius 3 is 2.38 bits per heavy atom. The van der Waals surface area contributed by atoms with E-state index in [0.29, 0.717) is 29.7 Å². The molecule has 1 N–H and O–H groups in total. The first-order valence-electron chi connectivity index (χ1n) is 11.2. The first-order chi connectivity index (χ1) is 16.0. The van der Waals surface area contributed by atoms with Crippen LogP contribution in [0.15, 0.2) is 35.2 Å². The van der Waals surface area contributed by atoms with E-state index in [0.717, 1.165) is 18.6 Å². The molecule has 0 bridgehead atoms. The van der Waals surface area contributed by atoms with Crippen LogP contribution in [0.2, 0.25) is 5.02 Å². The number of hydrogen-bond donors (Lipinski definition) is 1. The molecule has 0 saturated heterocycles. The summed E-state index contributed by atoms with van der Waals surface area (Å²) in [6.07, 6.45) is 1.65. The van der Waals surface area contributed by atoms with Gasteiger partial charge in [-0.25, -0.2) is 21.6 Å². The van der Waals surface area contributed by atoms with Gasteiger partial charge in [0, 0.05) is 35.9 Å². The third-order valence-electron chi connectivity index (χ3n) is 7.20. The van der Waals surface area contributed by atoms with Crippen molar-refractivity contribution >= 4 is 33.1 Å². The molecule has 0 unspecified atom stereocenters. The minimum Gasteiger partial charge on any atom is -0.490 e. The fourth-order valence-corrected chi connectivity index (χ4v) is 6.45. The van der Waals surface area contributed by atoms with Crippen molar-refractivity contribution in [3.63, 3.8) is 0 Å². The predicted octanol–water partition coefficient (Wildman–Crippen LogP) is 5.78. The topological polar surface area (TPSA) is 72.5 Å². The summed E-state index contributed by atoms with van der Waals surface area (Å²) in [4.78, 5) is 12.3. The van der Waals surface area contributed by atoms with Gasteiger partial charge in [-0.05, 0) is 55.5 Å². The van der Waals surface area contributed by atoms with Gasteiger partial charge in [0.25, 0.3) is 10.0 Å². The number of nitrogens with one attached hydrogen (secondary N) is 1. The number of ketones is 1. The van der Waals surface area contributed by atoms with E-state index in [1.807, 2.05) is 0 Å². The number of carbonyl (C=O) groups excluding carboxylic acids is 1. The standard InChI is InChI=1S/C24H23ClF3NO4S/c25-14-2-3-21(19(26)10-14)34(31,32)29-15-11-18-17(13-22(30)23(18)6-1-7-23)20(12-15)33-16-4-8-24(27,28)9-5-16/h2-3,10-12,16,29H,1,4-9,13H2. The van der Waals surface area contributed by atoms with E-state index in [1.165, 1.54) is 12.1 Å². The van der Waals surface area contributed by atoms with Crippen molar-refractivity contribution in [3.8, 4) is 5.75 Å². The molecule has 3 aliphatic carbocycles. The molecule has 2 saturated carbocycles. The number of Topliss-reactive ketones (excluding diaryl/α,β-unsaturated/α-hetero) is 1. The SMILES string of the molecule is O=C1Cc2c(OC3CCC(F)(F)CC3)cc(NS(=O)(=O)c3ccc(Cl)cc3F)cc2C12CCC2. The summed E-state index contributed by atoms with van der Waals surface area (Å²) >= 11 is 5.74. The fourth-order valence-electron chi connectivity index (χ4n) is 5.19. The summed E-state index contributed by atoms with van der Waals surface area (Å²) in [6, 6.07) is 6.34. The fraction of sp³-hybridized carbons (Fsp3) is 0.458. The third-order valence-corrected chi connectivity index (χ3v) is 8.85. The minimum absolute atomic E-state index is 0.0533. The molecule has 2 aromatic rings. The molecule has 182 valence electrons. The molecule has 0 aliphatic heterocycles. The first-order valence-corrected chi connectivity index (χ1v) is 13.1. The van der Waals surface area contributed by atoms with E-state index in [-0.39, 0.29) is 48.6 Å². The Bertz CT molecular complexity index is 1270. The van der Waals surface area contributed by atoms with Gasteiger partial charge < -0.3 is 4.74 Å². The molecular formula is C24H23ClF3NO4S. The van der Waals surface area contributed by atoms with E-state index < -0.39 is 38.2 Å². The molecule has 10 heteroatoms. The van der Waals surface area contributed by atoms with Crippen molar-refractivity contribution in [2.45, 2.75) is 73.7 Å². The molecule has 0 heterocycles. The Morgan fingerprint density at radius 2 is 1.76 bits per heavy atom. The van der Waals surface area contributed by atoms with Crippen molar-refractivity contribution in [3.05, 3.63) is 52.3 Å². The third kappa shape index (κ3) is 4.06. The van der Waals surface area contributed by atoms with Gasteiger partial charge in [0.2, 0.25) is 5.92 Å². The molecule has 5 rings (SSSR count). The number of halogens is 4. The highest BCUT2D eigenvalue weighted by Gasteiger charge is 2.51. The Hall–Kier alpha value is -2.26. The number of alkyl halides is 2. The lowest BCUT2D eigenvalue weighted by molar-refractivity contribution is -0.125. The van der Waals surface area contributed by atoms with Gasteiger partial charge in [0.15, 0.2) is 0 Å². The van der Waals surface area contributed by atoms with E-state index in [1.54, 1.807) is 6.07 Å². The van der Waals surface area contributed by atoms with Crippen molar-refractivity contribution in [2.24, 2.45) is 0 Å². The second-order valence-electron chi connectivity index (χ2n) is 9.39. The second-order valence-corrected chi connectivity index (χ2v) is 11.5. The number of rotatable bonds is 5. The molecular weight excluding hydrogens is 491 g/mol. The number of benzene rings is 2. The first kappa shape index (κ1) is 23.5. The van der Waals surface area contributed by atoms with Crippen molar-refractivity contribution in [1.82, 2.24) is 0 Å². The van der Waals surface area contributed by atoms with Crippen LogP contribution < -0.4 is 9.46 Å². The number of fused-ring (bicyclic) bond motifs is 2. The molecule has 5 nitrogen and oxygen atoms in total. The average Bonchev–Trinajstić information content (AvgIpc) is 3.01. The molecule has 0 radical (unpaired) electrons. The summed E-state index contributed by atoms with van der Waals surface area (Å²) in [5, 5.41) is 0.0631. The molecule has 0 amide bonds. The minimum atomic E-state index is -4.31.